The minimum atomic E-state index is -0.249. The Morgan fingerprint density at radius 1 is 1.38 bits per heavy atom. The molecule has 0 aliphatic carbocycles. The summed E-state index contributed by atoms with van der Waals surface area (Å²) in [6.45, 7) is 2.41. The van der Waals surface area contributed by atoms with Gasteiger partial charge in [0.05, 0.1) is 6.33 Å². The second kappa shape index (κ2) is 6.60. The second-order valence-corrected chi connectivity index (χ2v) is 3.46. The van der Waals surface area contributed by atoms with Crippen LogP contribution in [0.4, 0.5) is 4.79 Å². The molecule has 1 aromatic heterocycles. The molecule has 0 unspecified atom stereocenters. The number of Topliss-reactive ketones (excluding diaryl/α,β-unsaturated/α-hetero) is 1. The number of carbonyl (C=O) groups excluding carboxylic acids is 2. The van der Waals surface area contributed by atoms with E-state index in [9.17, 15) is 9.59 Å². The van der Waals surface area contributed by atoms with Crippen molar-refractivity contribution in [3.8, 4) is 0 Å². The lowest BCUT2D eigenvalue weighted by Gasteiger charge is -2.05. The molecule has 88 valence electrons. The first-order chi connectivity index (χ1) is 7.68. The third-order valence-electron chi connectivity index (χ3n) is 2.00. The minimum Gasteiger partial charge on any atom is -0.348 e. The summed E-state index contributed by atoms with van der Waals surface area (Å²) < 4.78 is 0. The van der Waals surface area contributed by atoms with E-state index in [1.807, 2.05) is 0 Å². The second-order valence-electron chi connectivity index (χ2n) is 3.46. The molecule has 2 amide bonds. The third-order valence-corrected chi connectivity index (χ3v) is 2.00. The van der Waals surface area contributed by atoms with E-state index in [4.69, 9.17) is 0 Å². The summed E-state index contributed by atoms with van der Waals surface area (Å²) in [6.07, 6.45) is 4.39. The van der Waals surface area contributed by atoms with Crippen molar-refractivity contribution < 1.29 is 9.59 Å². The van der Waals surface area contributed by atoms with Crippen molar-refractivity contribution in [2.24, 2.45) is 0 Å². The third kappa shape index (κ3) is 5.14. The smallest absolute Gasteiger partial charge is 0.314 e. The maximum absolute atomic E-state index is 11.2. The molecule has 6 nitrogen and oxygen atoms in total. The van der Waals surface area contributed by atoms with Gasteiger partial charge in [-0.2, -0.15) is 0 Å². The highest BCUT2D eigenvalue weighted by Gasteiger charge is 2.00. The molecule has 0 saturated carbocycles. The summed E-state index contributed by atoms with van der Waals surface area (Å²) in [5, 5.41) is 5.28. The summed E-state index contributed by atoms with van der Waals surface area (Å²) in [5.41, 5.74) is 0.976. The Labute approximate surface area is 93.8 Å². The number of carbonyl (C=O) groups is 2. The zero-order chi connectivity index (χ0) is 11.8. The number of nitrogens with zero attached hydrogens (tertiary/aromatic N) is 1. The molecule has 1 heterocycles. The summed E-state index contributed by atoms with van der Waals surface area (Å²) in [6, 6.07) is -0.249. The van der Waals surface area contributed by atoms with Crippen LogP contribution in [0.1, 0.15) is 19.0 Å². The lowest BCUT2D eigenvalue weighted by molar-refractivity contribution is -0.116. The number of rotatable bonds is 6. The molecule has 0 fully saturated rings. The van der Waals surface area contributed by atoms with E-state index >= 15 is 0 Å². The molecular formula is C10H16N4O2. The van der Waals surface area contributed by atoms with Crippen molar-refractivity contribution in [3.63, 3.8) is 0 Å². The summed E-state index contributed by atoms with van der Waals surface area (Å²) in [4.78, 5) is 28.6. The molecule has 1 aromatic rings. The number of aromatic amines is 1. The van der Waals surface area contributed by atoms with Crippen LogP contribution in [0, 0.1) is 0 Å². The maximum atomic E-state index is 11.2. The first kappa shape index (κ1) is 12.2. The molecule has 0 bridgehead atoms. The summed E-state index contributed by atoms with van der Waals surface area (Å²) >= 11 is 0. The molecule has 0 aliphatic heterocycles. The standard InChI is InChI=1S/C10H16N4O2/c1-8(15)2-4-12-10(16)13-5-3-9-6-11-7-14-9/h6-7H,2-5H2,1H3,(H,11,14)(H2,12,13,16). The molecule has 1 rings (SSSR count). The zero-order valence-corrected chi connectivity index (χ0v) is 9.25. The number of aromatic nitrogens is 2. The van der Waals surface area contributed by atoms with Gasteiger partial charge in [-0.25, -0.2) is 9.78 Å². The number of hydrogen-bond acceptors (Lipinski definition) is 3. The van der Waals surface area contributed by atoms with Crippen molar-refractivity contribution in [1.29, 1.82) is 0 Å². The van der Waals surface area contributed by atoms with E-state index in [1.54, 1.807) is 12.5 Å². The van der Waals surface area contributed by atoms with Crippen LogP contribution in [0.15, 0.2) is 12.5 Å². The Hall–Kier alpha value is -1.85. The van der Waals surface area contributed by atoms with Gasteiger partial charge >= 0.3 is 6.03 Å². The highest BCUT2D eigenvalue weighted by atomic mass is 16.2. The zero-order valence-electron chi connectivity index (χ0n) is 9.25. The topological polar surface area (TPSA) is 86.9 Å². The van der Waals surface area contributed by atoms with Crippen molar-refractivity contribution in [2.75, 3.05) is 13.1 Å². The monoisotopic (exact) mass is 224 g/mol. The van der Waals surface area contributed by atoms with Gasteiger partial charge < -0.3 is 15.6 Å². The van der Waals surface area contributed by atoms with Gasteiger partial charge in [0.25, 0.3) is 0 Å². The van der Waals surface area contributed by atoms with E-state index in [2.05, 4.69) is 20.6 Å². The van der Waals surface area contributed by atoms with Crippen molar-refractivity contribution >= 4 is 11.8 Å². The van der Waals surface area contributed by atoms with Gasteiger partial charge in [-0.15, -0.1) is 0 Å². The average Bonchev–Trinajstić information content (AvgIpc) is 2.70. The summed E-state index contributed by atoms with van der Waals surface area (Å²) in [5.74, 6) is 0.0674. The Kier molecular flexibility index (Phi) is 5.04. The lowest BCUT2D eigenvalue weighted by atomic mass is 10.3. The predicted molar refractivity (Wildman–Crippen MR) is 59.0 cm³/mol. The molecule has 0 aliphatic rings. The van der Waals surface area contributed by atoms with Gasteiger partial charge in [0.1, 0.15) is 5.78 Å². The van der Waals surface area contributed by atoms with Gasteiger partial charge in [0, 0.05) is 37.8 Å². The maximum Gasteiger partial charge on any atom is 0.314 e. The van der Waals surface area contributed by atoms with E-state index in [-0.39, 0.29) is 11.8 Å². The summed E-state index contributed by atoms with van der Waals surface area (Å²) in [7, 11) is 0. The van der Waals surface area contributed by atoms with Crippen LogP contribution in [0.5, 0.6) is 0 Å². The molecule has 0 spiro atoms. The fourth-order valence-corrected chi connectivity index (χ4v) is 1.15. The fourth-order valence-electron chi connectivity index (χ4n) is 1.15. The number of amides is 2. The van der Waals surface area contributed by atoms with Crippen LogP contribution in [0.3, 0.4) is 0 Å². The van der Waals surface area contributed by atoms with Gasteiger partial charge in [-0.3, -0.25) is 4.79 Å². The van der Waals surface area contributed by atoms with Crippen molar-refractivity contribution in [3.05, 3.63) is 18.2 Å². The molecule has 0 aromatic carbocycles. The Balaban J connectivity index is 2.04. The quantitative estimate of drug-likeness (QED) is 0.646. The Morgan fingerprint density at radius 3 is 2.75 bits per heavy atom. The number of ketones is 1. The van der Waals surface area contributed by atoms with Gasteiger partial charge in [-0.1, -0.05) is 0 Å². The largest absolute Gasteiger partial charge is 0.348 e. The van der Waals surface area contributed by atoms with E-state index in [1.165, 1.54) is 6.92 Å². The molecule has 0 atom stereocenters. The van der Waals surface area contributed by atoms with E-state index in [0.29, 0.717) is 25.9 Å². The number of nitrogens with one attached hydrogen (secondary N) is 3. The van der Waals surface area contributed by atoms with Crippen molar-refractivity contribution in [1.82, 2.24) is 20.6 Å². The molecule has 6 heteroatoms. The number of imidazole rings is 1. The molecule has 16 heavy (non-hydrogen) atoms. The van der Waals surface area contributed by atoms with E-state index < -0.39 is 0 Å². The SMILES string of the molecule is CC(=O)CCNC(=O)NCCc1cnc[nH]1. The predicted octanol–water partition coefficient (Wildman–Crippen LogP) is 0.230. The van der Waals surface area contributed by atoms with Crippen LogP contribution in [-0.4, -0.2) is 34.9 Å². The van der Waals surface area contributed by atoms with Gasteiger partial charge in [0.15, 0.2) is 0 Å². The first-order valence-corrected chi connectivity index (χ1v) is 5.17. The van der Waals surface area contributed by atoms with Crippen LogP contribution in [0.2, 0.25) is 0 Å². The van der Waals surface area contributed by atoms with Crippen LogP contribution in [-0.2, 0) is 11.2 Å². The highest BCUT2D eigenvalue weighted by Crippen LogP contribution is 1.90. The molecular weight excluding hydrogens is 208 g/mol. The molecule has 3 N–H and O–H groups in total. The number of H-pyrrole nitrogens is 1. The molecule has 0 radical (unpaired) electrons. The molecule has 0 saturated heterocycles. The highest BCUT2D eigenvalue weighted by molar-refractivity contribution is 5.77. The normalized spacial score (nSPS) is 9.81. The first-order valence-electron chi connectivity index (χ1n) is 5.17. The lowest BCUT2D eigenvalue weighted by Crippen LogP contribution is -2.37. The Morgan fingerprint density at radius 2 is 2.12 bits per heavy atom. The van der Waals surface area contributed by atoms with Crippen LogP contribution < -0.4 is 10.6 Å². The minimum absolute atomic E-state index is 0.0674. The van der Waals surface area contributed by atoms with Crippen LogP contribution >= 0.6 is 0 Å². The van der Waals surface area contributed by atoms with Crippen molar-refractivity contribution in [2.45, 2.75) is 19.8 Å². The Bertz CT molecular complexity index is 335. The van der Waals surface area contributed by atoms with Gasteiger partial charge in [0.2, 0.25) is 0 Å². The number of hydrogen-bond donors (Lipinski definition) is 3. The fraction of sp³-hybridized carbons (Fsp3) is 0.500. The van der Waals surface area contributed by atoms with E-state index in [0.717, 1.165) is 5.69 Å². The van der Waals surface area contributed by atoms with Crippen LogP contribution in [0.25, 0.3) is 0 Å². The average molecular weight is 224 g/mol. The number of urea groups is 1. The van der Waals surface area contributed by atoms with Gasteiger partial charge in [-0.05, 0) is 6.92 Å².